The summed E-state index contributed by atoms with van der Waals surface area (Å²) in [6, 6.07) is 0. The van der Waals surface area contributed by atoms with E-state index >= 15 is 0 Å². The number of carboxylic acids is 1. The van der Waals surface area contributed by atoms with Crippen molar-refractivity contribution in [2.45, 2.75) is 55.8 Å². The van der Waals surface area contributed by atoms with E-state index in [-0.39, 0.29) is 55.3 Å². The molecule has 0 heterocycles. The Labute approximate surface area is 143 Å². The Kier molecular flexibility index (Phi) is 16.8. The molecule has 80 valence electrons. The molecule has 2 nitrogen and oxygen atoms in total. The minimum absolute atomic E-state index is 0. The minimum atomic E-state index is -0.672. The van der Waals surface area contributed by atoms with E-state index in [1.54, 1.807) is 0 Å². The summed E-state index contributed by atoms with van der Waals surface area (Å²) in [7, 11) is 0. The predicted molar refractivity (Wildman–Crippen MR) is 70.6 cm³/mol. The number of hydrogen-bond acceptors (Lipinski definition) is 1. The van der Waals surface area contributed by atoms with Gasteiger partial charge in [0.15, 0.2) is 0 Å². The fourth-order valence-corrected chi connectivity index (χ4v) is 1.67. The molecular weight excluding hydrogens is 318 g/mol. The van der Waals surface area contributed by atoms with E-state index in [2.05, 4.69) is 6.92 Å². The molecule has 0 aliphatic carbocycles. The first-order valence-electron chi connectivity index (χ1n) is 5.05. The van der Waals surface area contributed by atoms with Crippen LogP contribution in [0.5, 0.6) is 0 Å². The van der Waals surface area contributed by atoms with Gasteiger partial charge in [0.25, 0.3) is 0 Å². The van der Waals surface area contributed by atoms with E-state index < -0.39 is 5.97 Å². The van der Waals surface area contributed by atoms with Crippen LogP contribution in [-0.2, 0) is 4.79 Å². The molecule has 0 aliphatic rings. The van der Waals surface area contributed by atoms with Gasteiger partial charge in [0, 0.05) is 0 Å². The first-order valence-corrected chi connectivity index (χ1v) is 6.30. The number of unbranched alkanes of at least 4 members (excludes halogenated alkanes) is 5. The molecule has 1 N–H and O–H groups in total. The van der Waals surface area contributed by atoms with Crippen LogP contribution in [0.25, 0.3) is 0 Å². The summed E-state index contributed by atoms with van der Waals surface area (Å²) in [5.41, 5.74) is 0. The number of aliphatic carboxylic acids is 1. The Morgan fingerprint density at radius 2 is 1.71 bits per heavy atom. The zero-order chi connectivity index (χ0) is 10.1. The van der Waals surface area contributed by atoms with Gasteiger partial charge in [-0.15, -0.1) is 0 Å². The summed E-state index contributed by atoms with van der Waals surface area (Å²) in [5.74, 6) is -0.672. The molecule has 0 amide bonds. The summed E-state index contributed by atoms with van der Waals surface area (Å²) < 4.78 is -0.191. The van der Waals surface area contributed by atoms with Gasteiger partial charge in [0.05, 0.1) is 0 Å². The molecule has 0 aliphatic heterocycles. The molecule has 0 radical (unpaired) electrons. The van der Waals surface area contributed by atoms with Crippen molar-refractivity contribution in [1.82, 2.24) is 0 Å². The Morgan fingerprint density at radius 3 is 2.21 bits per heavy atom. The fourth-order valence-electron chi connectivity index (χ4n) is 1.23. The van der Waals surface area contributed by atoms with Gasteiger partial charge in [-0.1, -0.05) is 68.0 Å². The van der Waals surface area contributed by atoms with Crippen molar-refractivity contribution in [1.29, 1.82) is 0 Å². The van der Waals surface area contributed by atoms with Crippen molar-refractivity contribution >= 4 is 79.9 Å². The first-order chi connectivity index (χ1) is 6.18. The molecule has 0 spiro atoms. The summed E-state index contributed by atoms with van der Waals surface area (Å²) in [6.07, 6.45) is 8.21. The fraction of sp³-hybridized carbons (Fsp3) is 0.900. The Hall–Kier alpha value is 1.84. The second kappa shape index (κ2) is 12.9. The van der Waals surface area contributed by atoms with Crippen molar-refractivity contribution in [3.8, 4) is 0 Å². The molecule has 0 rings (SSSR count). The monoisotopic (exact) mass is 338 g/mol. The average Bonchev–Trinajstić information content (AvgIpc) is 2.10. The van der Waals surface area contributed by atoms with Crippen LogP contribution >= 0.6 is 22.6 Å². The van der Waals surface area contributed by atoms with Crippen molar-refractivity contribution in [2.75, 3.05) is 0 Å². The number of rotatable bonds is 8. The van der Waals surface area contributed by atoms with Crippen LogP contribution in [0.1, 0.15) is 51.9 Å². The summed E-state index contributed by atoms with van der Waals surface area (Å²) in [6.45, 7) is 2.20. The second-order valence-electron chi connectivity index (χ2n) is 3.36. The zero-order valence-electron chi connectivity index (χ0n) is 8.26. The van der Waals surface area contributed by atoms with Gasteiger partial charge in [-0.2, -0.15) is 0 Å². The van der Waals surface area contributed by atoms with Crippen molar-refractivity contribution < 1.29 is 9.90 Å². The topological polar surface area (TPSA) is 37.3 Å². The molecule has 4 heteroatoms. The standard InChI is InChI=1S/C10H19IO2.K.H/c1-2-3-4-5-6-7-8-9(11)10(12)13;;/h9H,2-8H2,1H3,(H,12,13);;. The third-order valence-electron chi connectivity index (χ3n) is 2.08. The maximum atomic E-state index is 10.5. The SMILES string of the molecule is CCCCCCCCC(I)C(=O)O.[KH]. The molecule has 0 aromatic heterocycles. The maximum absolute atomic E-state index is 10.5. The number of carbonyl (C=O) groups is 1. The third-order valence-corrected chi connectivity index (χ3v) is 3.23. The summed E-state index contributed by atoms with van der Waals surface area (Å²) in [4.78, 5) is 10.5. The van der Waals surface area contributed by atoms with E-state index in [1.807, 2.05) is 22.6 Å². The van der Waals surface area contributed by atoms with E-state index in [0.29, 0.717) is 0 Å². The molecule has 0 saturated carbocycles. The third kappa shape index (κ3) is 11.9. The average molecular weight is 338 g/mol. The molecule has 1 unspecified atom stereocenters. The molecule has 1 atom stereocenters. The van der Waals surface area contributed by atoms with Gasteiger partial charge < -0.3 is 5.11 Å². The molecule has 0 fully saturated rings. The number of carboxylic acid groups (broad SMARTS) is 1. The van der Waals surface area contributed by atoms with Crippen LogP contribution < -0.4 is 0 Å². The normalized spacial score (nSPS) is 11.9. The predicted octanol–water partition coefficient (Wildman–Crippen LogP) is 2.98. The summed E-state index contributed by atoms with van der Waals surface area (Å²) >= 11 is 2.00. The Bertz CT molecular complexity index is 142. The molecule has 0 saturated heterocycles. The van der Waals surface area contributed by atoms with Crippen molar-refractivity contribution in [3.63, 3.8) is 0 Å². The molecule has 0 bridgehead atoms. The van der Waals surface area contributed by atoms with Gasteiger partial charge in [0.2, 0.25) is 0 Å². The van der Waals surface area contributed by atoms with Crippen LogP contribution in [0.2, 0.25) is 0 Å². The second-order valence-corrected chi connectivity index (χ2v) is 4.87. The van der Waals surface area contributed by atoms with Crippen LogP contribution in [0.15, 0.2) is 0 Å². The number of halogens is 1. The molecule has 0 aromatic rings. The quantitative estimate of drug-likeness (QED) is 0.320. The van der Waals surface area contributed by atoms with Crippen LogP contribution in [-0.4, -0.2) is 66.4 Å². The van der Waals surface area contributed by atoms with E-state index in [0.717, 1.165) is 12.8 Å². The number of hydrogen-bond donors (Lipinski definition) is 1. The summed E-state index contributed by atoms with van der Waals surface area (Å²) in [5, 5.41) is 8.62. The van der Waals surface area contributed by atoms with E-state index in [9.17, 15) is 4.79 Å². The van der Waals surface area contributed by atoms with E-state index in [1.165, 1.54) is 32.1 Å². The first kappa shape index (κ1) is 18.2. The van der Waals surface area contributed by atoms with Gasteiger partial charge in [-0.3, -0.25) is 4.79 Å². The number of alkyl halides is 1. The molecular formula is C10H20IKO2. The molecule has 14 heavy (non-hydrogen) atoms. The van der Waals surface area contributed by atoms with Crippen molar-refractivity contribution in [3.05, 3.63) is 0 Å². The Balaban J connectivity index is 0. The molecule has 0 aromatic carbocycles. The Morgan fingerprint density at radius 1 is 1.21 bits per heavy atom. The van der Waals surface area contributed by atoms with Gasteiger partial charge in [0.1, 0.15) is 3.92 Å². The van der Waals surface area contributed by atoms with Gasteiger partial charge >= 0.3 is 57.4 Å². The van der Waals surface area contributed by atoms with Crippen LogP contribution in [0, 0.1) is 0 Å². The van der Waals surface area contributed by atoms with Crippen LogP contribution in [0.4, 0.5) is 0 Å². The van der Waals surface area contributed by atoms with Gasteiger partial charge in [-0.05, 0) is 6.42 Å². The zero-order valence-corrected chi connectivity index (χ0v) is 10.4. The van der Waals surface area contributed by atoms with Crippen LogP contribution in [0.3, 0.4) is 0 Å². The van der Waals surface area contributed by atoms with Gasteiger partial charge in [-0.25, -0.2) is 0 Å². The van der Waals surface area contributed by atoms with E-state index in [4.69, 9.17) is 5.11 Å². The van der Waals surface area contributed by atoms with Crippen molar-refractivity contribution in [2.24, 2.45) is 0 Å².